The van der Waals surface area contributed by atoms with Crippen molar-refractivity contribution in [1.29, 1.82) is 5.41 Å². The van der Waals surface area contributed by atoms with Gasteiger partial charge < -0.3 is 0 Å². The molecule has 1 N–H and O–H groups in total. The summed E-state index contributed by atoms with van der Waals surface area (Å²) >= 11 is 0. The van der Waals surface area contributed by atoms with Gasteiger partial charge in [-0.1, -0.05) is 4.28 Å². The highest BCUT2D eigenvalue weighted by Gasteiger charge is 2.31. The average molecular weight is 184 g/mol. The minimum Gasteiger partial charge on any atom is -0.274 e. The minimum absolute atomic E-state index is 0.235. The molecule has 0 bridgehead atoms. The Bertz CT molecular complexity index is 258. The molecule has 0 aromatic rings. The Morgan fingerprint density at radius 2 is 2.27 bits per heavy atom. The summed E-state index contributed by atoms with van der Waals surface area (Å²) in [5.74, 6) is 0. The van der Waals surface area contributed by atoms with E-state index in [9.17, 15) is 8.42 Å². The van der Waals surface area contributed by atoms with E-state index in [1.165, 1.54) is 0 Å². The molecule has 0 atom stereocenters. The van der Waals surface area contributed by atoms with Crippen LogP contribution in [0.15, 0.2) is 0 Å². The predicted octanol–water partition coefficient (Wildman–Crippen LogP) is -1.08. The Morgan fingerprint density at radius 1 is 1.64 bits per heavy atom. The zero-order chi connectivity index (χ0) is 8.48. The monoisotopic (exact) mass is 184 g/mol. The molecule has 9 heteroatoms. The molecule has 0 saturated carbocycles. The normalized spacial score (nSPS) is 23.0. The maximum Gasteiger partial charge on any atom is 0.458 e. The molecule has 0 radical (unpaired) electrons. The van der Waals surface area contributed by atoms with Gasteiger partial charge in [-0.2, -0.15) is 8.42 Å². The topological polar surface area (TPSA) is 98.2 Å². The molecular formula is C2H4N2O6S. The summed E-state index contributed by atoms with van der Waals surface area (Å²) in [4.78, 5) is 8.11. The third kappa shape index (κ3) is 1.77. The van der Waals surface area contributed by atoms with Crippen LogP contribution in [-0.4, -0.2) is 26.8 Å². The van der Waals surface area contributed by atoms with Crippen molar-refractivity contribution in [1.82, 2.24) is 5.23 Å². The van der Waals surface area contributed by atoms with E-state index >= 15 is 0 Å². The fourth-order valence-corrected chi connectivity index (χ4v) is 0.814. The molecule has 0 unspecified atom stereocenters. The van der Waals surface area contributed by atoms with Crippen molar-refractivity contribution in [3.8, 4) is 0 Å². The largest absolute Gasteiger partial charge is 0.458 e. The van der Waals surface area contributed by atoms with Gasteiger partial charge >= 0.3 is 16.4 Å². The maximum atomic E-state index is 10.4. The van der Waals surface area contributed by atoms with Crippen molar-refractivity contribution in [2.45, 2.75) is 0 Å². The van der Waals surface area contributed by atoms with Gasteiger partial charge in [-0.3, -0.25) is 4.89 Å². The van der Waals surface area contributed by atoms with Crippen molar-refractivity contribution < 1.29 is 26.8 Å². The quantitative estimate of drug-likeness (QED) is 0.517. The van der Waals surface area contributed by atoms with E-state index in [2.05, 4.69) is 18.3 Å². The summed E-state index contributed by atoms with van der Waals surface area (Å²) < 4.78 is 28.3. The van der Waals surface area contributed by atoms with Crippen LogP contribution in [0.3, 0.4) is 0 Å². The highest BCUT2D eigenvalue weighted by Crippen LogP contribution is 2.10. The summed E-state index contributed by atoms with van der Waals surface area (Å²) in [6.45, 7) is 0. The summed E-state index contributed by atoms with van der Waals surface area (Å²) in [6.07, 6.45) is 0. The number of hydrogen-bond acceptors (Lipinski definition) is 7. The lowest BCUT2D eigenvalue weighted by atomic mass is 11.2. The standard InChI is InChI=1S/C2H4N2O6S/c1-7-4-2(3)8-10-11(5,6)9-4/h3H,1H3. The van der Waals surface area contributed by atoms with Crippen molar-refractivity contribution in [3.05, 3.63) is 0 Å². The van der Waals surface area contributed by atoms with Gasteiger partial charge in [0.25, 0.3) is 0 Å². The lowest BCUT2D eigenvalue weighted by Crippen LogP contribution is -2.39. The van der Waals surface area contributed by atoms with E-state index < -0.39 is 16.4 Å². The van der Waals surface area contributed by atoms with Crippen LogP contribution in [0.2, 0.25) is 0 Å². The minimum atomic E-state index is -4.24. The first kappa shape index (κ1) is 8.20. The molecule has 11 heavy (non-hydrogen) atoms. The molecule has 0 aromatic heterocycles. The number of nitrogens with zero attached hydrogens (tertiary/aromatic N) is 1. The molecule has 0 aromatic carbocycles. The smallest absolute Gasteiger partial charge is 0.274 e. The number of hydrogen-bond donors (Lipinski definition) is 1. The first-order chi connectivity index (χ1) is 5.05. The van der Waals surface area contributed by atoms with E-state index in [0.29, 0.717) is 0 Å². The van der Waals surface area contributed by atoms with E-state index in [1.54, 1.807) is 0 Å². The second kappa shape index (κ2) is 2.62. The molecule has 1 aliphatic heterocycles. The third-order valence-electron chi connectivity index (χ3n) is 0.687. The van der Waals surface area contributed by atoms with Gasteiger partial charge in [0.2, 0.25) is 0 Å². The highest BCUT2D eigenvalue weighted by atomic mass is 32.3. The lowest BCUT2D eigenvalue weighted by Gasteiger charge is -2.21. The molecule has 1 fully saturated rings. The van der Waals surface area contributed by atoms with Gasteiger partial charge in [0.15, 0.2) is 0 Å². The second-order valence-corrected chi connectivity index (χ2v) is 2.48. The van der Waals surface area contributed by atoms with Crippen LogP contribution in [0.4, 0.5) is 0 Å². The van der Waals surface area contributed by atoms with Crippen LogP contribution >= 0.6 is 0 Å². The van der Waals surface area contributed by atoms with Gasteiger partial charge in [0.1, 0.15) is 0 Å². The number of hydroxylamine groups is 2. The number of amidine groups is 1. The second-order valence-electron chi connectivity index (χ2n) is 1.38. The van der Waals surface area contributed by atoms with Crippen molar-refractivity contribution in [2.24, 2.45) is 0 Å². The first-order valence-corrected chi connectivity index (χ1v) is 3.62. The van der Waals surface area contributed by atoms with Crippen LogP contribution < -0.4 is 0 Å². The SMILES string of the molecule is CON1OS(=O)(=O)OOC1=N. The van der Waals surface area contributed by atoms with Crippen LogP contribution in [0, 0.1) is 5.41 Å². The van der Waals surface area contributed by atoms with Crippen LogP contribution in [0.5, 0.6) is 0 Å². The molecule has 1 saturated heterocycles. The molecule has 8 nitrogen and oxygen atoms in total. The van der Waals surface area contributed by atoms with Gasteiger partial charge in [0.05, 0.1) is 7.11 Å². The molecule has 0 aliphatic carbocycles. The zero-order valence-corrected chi connectivity index (χ0v) is 6.12. The van der Waals surface area contributed by atoms with Gasteiger partial charge in [-0.05, 0) is 9.56 Å². The fraction of sp³-hybridized carbons (Fsp3) is 0.500. The first-order valence-electron chi connectivity index (χ1n) is 2.28. The zero-order valence-electron chi connectivity index (χ0n) is 5.30. The Hall–Kier alpha value is -0.900. The Balaban J connectivity index is 2.74. The molecular weight excluding hydrogens is 180 g/mol. The number of rotatable bonds is 1. The Kier molecular flexibility index (Phi) is 1.95. The summed E-state index contributed by atoms with van der Waals surface area (Å²) in [5.41, 5.74) is 0. The molecule has 64 valence electrons. The Labute approximate surface area is 61.9 Å². The van der Waals surface area contributed by atoms with Gasteiger partial charge in [0, 0.05) is 0 Å². The maximum absolute atomic E-state index is 10.4. The third-order valence-corrected chi connectivity index (χ3v) is 1.24. The van der Waals surface area contributed by atoms with Crippen LogP contribution in [0.25, 0.3) is 0 Å². The van der Waals surface area contributed by atoms with E-state index in [1.807, 2.05) is 0 Å². The Morgan fingerprint density at radius 3 is 2.73 bits per heavy atom. The lowest BCUT2D eigenvalue weighted by molar-refractivity contribution is -0.314. The summed E-state index contributed by atoms with van der Waals surface area (Å²) in [7, 11) is -3.14. The van der Waals surface area contributed by atoms with Crippen molar-refractivity contribution in [3.63, 3.8) is 0 Å². The molecule has 1 aliphatic rings. The predicted molar refractivity (Wildman–Crippen MR) is 28.7 cm³/mol. The fourth-order valence-electron chi connectivity index (χ4n) is 0.347. The number of nitrogens with one attached hydrogen (secondary N) is 1. The van der Waals surface area contributed by atoms with Crippen molar-refractivity contribution in [2.75, 3.05) is 7.11 Å². The van der Waals surface area contributed by atoms with Gasteiger partial charge in [-0.15, -0.1) is 0 Å². The van der Waals surface area contributed by atoms with Gasteiger partial charge in [-0.25, -0.2) is 10.2 Å². The van der Waals surface area contributed by atoms with Crippen LogP contribution in [-0.2, 0) is 28.7 Å². The highest BCUT2D eigenvalue weighted by molar-refractivity contribution is 7.81. The van der Waals surface area contributed by atoms with Crippen molar-refractivity contribution >= 4 is 16.4 Å². The summed E-state index contributed by atoms with van der Waals surface area (Å²) in [5, 5.41) is 7.02. The molecule has 1 heterocycles. The average Bonchev–Trinajstić information content (AvgIpc) is 1.94. The van der Waals surface area contributed by atoms with Crippen LogP contribution in [0.1, 0.15) is 0 Å². The van der Waals surface area contributed by atoms with E-state index in [4.69, 9.17) is 5.41 Å². The summed E-state index contributed by atoms with van der Waals surface area (Å²) in [6, 6.07) is -0.720. The van der Waals surface area contributed by atoms with E-state index in [0.717, 1.165) is 7.11 Å². The molecule has 0 amide bonds. The molecule has 1 rings (SSSR count). The van der Waals surface area contributed by atoms with E-state index in [-0.39, 0.29) is 5.23 Å². The molecule has 0 spiro atoms.